The molecule has 0 aromatic carbocycles. The van der Waals surface area contributed by atoms with E-state index in [2.05, 4.69) is 19.9 Å². The summed E-state index contributed by atoms with van der Waals surface area (Å²) in [5.74, 6) is -0.699. The first-order valence-corrected chi connectivity index (χ1v) is 17.3. The minimum absolute atomic E-state index is 0.105. The van der Waals surface area contributed by atoms with Crippen LogP contribution in [0.2, 0.25) is 0 Å². The van der Waals surface area contributed by atoms with Gasteiger partial charge in [0.2, 0.25) is 0 Å². The Bertz CT molecular complexity index is 754. The van der Waals surface area contributed by atoms with Crippen LogP contribution < -0.4 is 0 Å². The van der Waals surface area contributed by atoms with Crippen LogP contribution >= 0.6 is 0 Å². The number of aliphatic hydroxyl groups is 2. The predicted molar refractivity (Wildman–Crippen MR) is 179 cm³/mol. The first-order valence-electron chi connectivity index (χ1n) is 17.3. The van der Waals surface area contributed by atoms with Crippen molar-refractivity contribution in [2.24, 2.45) is 0 Å². The van der Waals surface area contributed by atoms with Gasteiger partial charge >= 0.3 is 11.9 Å². The first-order chi connectivity index (χ1) is 21.0. The Balaban J connectivity index is 3.79. The van der Waals surface area contributed by atoms with Gasteiger partial charge in [-0.1, -0.05) is 140 Å². The molecule has 0 saturated heterocycles. The number of carbonyl (C=O) groups excluding carboxylic acids is 2. The maximum atomic E-state index is 12.1. The zero-order valence-electron chi connectivity index (χ0n) is 27.6. The van der Waals surface area contributed by atoms with Gasteiger partial charge in [-0.2, -0.15) is 0 Å². The van der Waals surface area contributed by atoms with Crippen LogP contribution in [0.5, 0.6) is 0 Å². The third-order valence-electron chi connectivity index (χ3n) is 7.21. The van der Waals surface area contributed by atoms with E-state index >= 15 is 0 Å². The summed E-state index contributed by atoms with van der Waals surface area (Å²) in [6, 6.07) is 0. The SMILES string of the molecule is CCCCC/C=C\C[C@H](O)/C=C/C=C\C/C=C\CCCC(=O)O[C@@H](CO)COC(=O)CCCCCCCCCCCCC. The van der Waals surface area contributed by atoms with Crippen molar-refractivity contribution in [1.29, 1.82) is 0 Å². The van der Waals surface area contributed by atoms with Gasteiger partial charge in [0.1, 0.15) is 6.61 Å². The average Bonchev–Trinajstić information content (AvgIpc) is 3.00. The van der Waals surface area contributed by atoms with Crippen LogP contribution in [0, 0.1) is 0 Å². The highest BCUT2D eigenvalue weighted by Crippen LogP contribution is 2.12. The molecule has 0 aromatic heterocycles. The average molecular weight is 605 g/mol. The summed E-state index contributed by atoms with van der Waals surface area (Å²) in [5.41, 5.74) is 0. The molecule has 0 aliphatic carbocycles. The number of hydrogen-bond donors (Lipinski definition) is 2. The van der Waals surface area contributed by atoms with Crippen molar-refractivity contribution < 1.29 is 29.3 Å². The van der Waals surface area contributed by atoms with E-state index < -0.39 is 18.2 Å². The van der Waals surface area contributed by atoms with Gasteiger partial charge in [-0.15, -0.1) is 0 Å². The lowest BCUT2D eigenvalue weighted by Gasteiger charge is -2.15. The molecule has 0 unspecified atom stereocenters. The molecule has 0 saturated carbocycles. The molecule has 0 radical (unpaired) electrons. The highest BCUT2D eigenvalue weighted by Gasteiger charge is 2.15. The fourth-order valence-electron chi connectivity index (χ4n) is 4.51. The van der Waals surface area contributed by atoms with E-state index in [1.165, 1.54) is 70.6 Å². The van der Waals surface area contributed by atoms with Crippen molar-refractivity contribution in [3.63, 3.8) is 0 Å². The number of unbranched alkanes of at least 4 members (excludes halogenated alkanes) is 14. The number of allylic oxidation sites excluding steroid dienone is 6. The third-order valence-corrected chi connectivity index (χ3v) is 7.21. The standard InChI is InChI=1S/C37H64O6/c1-3-5-7-9-11-12-13-14-18-22-26-30-36(40)42-33-35(32-38)43-37(41)31-27-23-19-16-15-17-21-25-29-34(39)28-24-20-10-8-6-4-2/h16-17,19-21,24-25,29,34-35,38-39H,3-15,18,22-23,26-28,30-33H2,1-2H3/b19-16-,21-17-,24-20-,29-25+/t34-,35-/m0/s1. The Morgan fingerprint density at radius 1 is 0.651 bits per heavy atom. The molecule has 0 rings (SSSR count). The van der Waals surface area contributed by atoms with Crippen molar-refractivity contribution in [1.82, 2.24) is 0 Å². The zero-order valence-corrected chi connectivity index (χ0v) is 27.6. The third kappa shape index (κ3) is 31.1. The molecule has 0 spiro atoms. The Hall–Kier alpha value is -2.18. The molecule has 0 aliphatic rings. The minimum atomic E-state index is -0.817. The first kappa shape index (κ1) is 40.8. The molecule has 0 fully saturated rings. The molecular formula is C37H64O6. The molecular weight excluding hydrogens is 540 g/mol. The van der Waals surface area contributed by atoms with Crippen molar-refractivity contribution in [2.75, 3.05) is 13.2 Å². The van der Waals surface area contributed by atoms with Crippen LogP contribution in [0.1, 0.15) is 149 Å². The van der Waals surface area contributed by atoms with Gasteiger partial charge in [0.05, 0.1) is 12.7 Å². The van der Waals surface area contributed by atoms with Crippen LogP contribution in [0.25, 0.3) is 0 Å². The molecule has 6 nitrogen and oxygen atoms in total. The van der Waals surface area contributed by atoms with E-state index in [1.807, 2.05) is 36.5 Å². The van der Waals surface area contributed by atoms with E-state index in [0.29, 0.717) is 19.3 Å². The number of carbonyl (C=O) groups is 2. The highest BCUT2D eigenvalue weighted by atomic mass is 16.6. The van der Waals surface area contributed by atoms with Crippen LogP contribution in [0.15, 0.2) is 48.6 Å². The summed E-state index contributed by atoms with van der Waals surface area (Å²) in [5, 5.41) is 19.4. The van der Waals surface area contributed by atoms with Crippen LogP contribution in [0.3, 0.4) is 0 Å². The van der Waals surface area contributed by atoms with Gasteiger partial charge in [0.15, 0.2) is 6.10 Å². The quantitative estimate of drug-likeness (QED) is 0.0367. The maximum Gasteiger partial charge on any atom is 0.306 e. The largest absolute Gasteiger partial charge is 0.462 e. The molecule has 2 N–H and O–H groups in total. The van der Waals surface area contributed by atoms with E-state index in [0.717, 1.165) is 38.5 Å². The molecule has 248 valence electrons. The lowest BCUT2D eigenvalue weighted by Crippen LogP contribution is -2.28. The van der Waals surface area contributed by atoms with Crippen molar-refractivity contribution in [3.05, 3.63) is 48.6 Å². The van der Waals surface area contributed by atoms with Gasteiger partial charge in [-0.05, 0) is 44.9 Å². The van der Waals surface area contributed by atoms with E-state index in [9.17, 15) is 19.8 Å². The topological polar surface area (TPSA) is 93.1 Å². The second-order valence-corrected chi connectivity index (χ2v) is 11.4. The van der Waals surface area contributed by atoms with Gasteiger partial charge in [-0.3, -0.25) is 9.59 Å². The van der Waals surface area contributed by atoms with Gasteiger partial charge < -0.3 is 19.7 Å². The van der Waals surface area contributed by atoms with E-state index in [1.54, 1.807) is 6.08 Å². The zero-order chi connectivity index (χ0) is 31.6. The van der Waals surface area contributed by atoms with Crippen molar-refractivity contribution in [3.8, 4) is 0 Å². The monoisotopic (exact) mass is 604 g/mol. The lowest BCUT2D eigenvalue weighted by atomic mass is 10.1. The van der Waals surface area contributed by atoms with Gasteiger partial charge in [0.25, 0.3) is 0 Å². The van der Waals surface area contributed by atoms with Crippen molar-refractivity contribution >= 4 is 11.9 Å². The lowest BCUT2D eigenvalue weighted by molar-refractivity contribution is -0.161. The summed E-state index contributed by atoms with van der Waals surface area (Å²) >= 11 is 0. The number of aliphatic hydroxyl groups excluding tert-OH is 2. The summed E-state index contributed by atoms with van der Waals surface area (Å²) in [7, 11) is 0. The van der Waals surface area contributed by atoms with Gasteiger partial charge in [-0.25, -0.2) is 0 Å². The number of esters is 2. The fourth-order valence-corrected chi connectivity index (χ4v) is 4.51. The van der Waals surface area contributed by atoms with E-state index in [4.69, 9.17) is 9.47 Å². The fraction of sp³-hybridized carbons (Fsp3) is 0.730. The number of ether oxygens (including phenoxy) is 2. The number of rotatable bonds is 30. The van der Waals surface area contributed by atoms with Crippen LogP contribution in [-0.2, 0) is 19.1 Å². The Labute approximate surface area is 263 Å². The summed E-state index contributed by atoms with van der Waals surface area (Å²) in [4.78, 5) is 24.1. The molecule has 6 heteroatoms. The summed E-state index contributed by atoms with van der Waals surface area (Å²) in [6.07, 6.45) is 36.2. The molecule has 43 heavy (non-hydrogen) atoms. The van der Waals surface area contributed by atoms with Crippen molar-refractivity contribution in [2.45, 2.75) is 161 Å². The van der Waals surface area contributed by atoms with Crippen LogP contribution in [0.4, 0.5) is 0 Å². The Morgan fingerprint density at radius 2 is 1.23 bits per heavy atom. The molecule has 0 bridgehead atoms. The molecule has 0 amide bonds. The van der Waals surface area contributed by atoms with Gasteiger partial charge in [0, 0.05) is 12.8 Å². The molecule has 0 aromatic rings. The summed E-state index contributed by atoms with van der Waals surface area (Å²) in [6.45, 7) is 3.96. The van der Waals surface area contributed by atoms with E-state index in [-0.39, 0.29) is 25.6 Å². The summed E-state index contributed by atoms with van der Waals surface area (Å²) < 4.78 is 10.5. The molecule has 0 heterocycles. The molecule has 0 aliphatic heterocycles. The maximum absolute atomic E-state index is 12.1. The Morgan fingerprint density at radius 3 is 1.91 bits per heavy atom. The second-order valence-electron chi connectivity index (χ2n) is 11.4. The highest BCUT2D eigenvalue weighted by molar-refractivity contribution is 5.70. The molecule has 2 atom stereocenters. The van der Waals surface area contributed by atoms with Crippen LogP contribution in [-0.4, -0.2) is 47.6 Å². The predicted octanol–water partition coefficient (Wildman–Crippen LogP) is 9.25. The second kappa shape index (κ2) is 32.7. The Kier molecular flexibility index (Phi) is 31.1. The minimum Gasteiger partial charge on any atom is -0.462 e. The smallest absolute Gasteiger partial charge is 0.306 e. The number of hydrogen-bond acceptors (Lipinski definition) is 6. The normalized spacial score (nSPS) is 13.5.